The Hall–Kier alpha value is -2.10. The molecule has 4 heteroatoms. The summed E-state index contributed by atoms with van der Waals surface area (Å²) in [5.41, 5.74) is 2.69. The van der Waals surface area contributed by atoms with Crippen LogP contribution in [0.4, 0.5) is 0 Å². The van der Waals surface area contributed by atoms with Crippen molar-refractivity contribution in [3.8, 4) is 5.75 Å². The lowest BCUT2D eigenvalue weighted by atomic mass is 10.1. The molecule has 0 atom stereocenters. The highest BCUT2D eigenvalue weighted by Gasteiger charge is 2.14. The topological polar surface area (TPSA) is 44.1 Å². The Morgan fingerprint density at radius 2 is 1.95 bits per heavy atom. The van der Waals surface area contributed by atoms with Crippen LogP contribution in [0.2, 0.25) is 0 Å². The fraction of sp³-hybridized carbons (Fsp3) is 0.412. The van der Waals surface area contributed by atoms with Gasteiger partial charge < -0.3 is 4.74 Å². The predicted octanol–water partition coefficient (Wildman–Crippen LogP) is 3.29. The van der Waals surface area contributed by atoms with Gasteiger partial charge >= 0.3 is 0 Å². The monoisotopic (exact) mass is 286 g/mol. The maximum Gasteiger partial charge on any atom is 0.153 e. The maximum absolute atomic E-state index is 11.2. The fourth-order valence-corrected chi connectivity index (χ4v) is 2.44. The number of carbonyl (C=O) groups is 1. The largest absolute Gasteiger partial charge is 0.494 e. The molecule has 1 aromatic heterocycles. The molecule has 0 saturated carbocycles. The van der Waals surface area contributed by atoms with Gasteiger partial charge in [-0.05, 0) is 25.0 Å². The molecule has 0 unspecified atom stereocenters. The number of aryl methyl sites for hydroxylation is 2. The molecule has 0 aliphatic rings. The molecule has 0 fully saturated rings. The van der Waals surface area contributed by atoms with Gasteiger partial charge in [-0.1, -0.05) is 32.0 Å². The summed E-state index contributed by atoms with van der Waals surface area (Å²) in [6.07, 6.45) is 3.40. The first-order valence-corrected chi connectivity index (χ1v) is 7.51. The predicted molar refractivity (Wildman–Crippen MR) is 82.9 cm³/mol. The number of ether oxygens (including phenoxy) is 1. The molecular weight excluding hydrogens is 264 g/mol. The second-order valence-corrected chi connectivity index (χ2v) is 4.87. The average Bonchev–Trinajstić information content (AvgIpc) is 2.89. The Bertz CT molecular complexity index is 576. The number of benzene rings is 1. The van der Waals surface area contributed by atoms with Gasteiger partial charge in [-0.3, -0.25) is 9.48 Å². The molecular formula is C17H22N2O2. The Morgan fingerprint density at radius 3 is 2.57 bits per heavy atom. The van der Waals surface area contributed by atoms with Gasteiger partial charge in [0.25, 0.3) is 0 Å². The van der Waals surface area contributed by atoms with E-state index in [2.05, 4.69) is 12.0 Å². The van der Waals surface area contributed by atoms with E-state index < -0.39 is 0 Å². The van der Waals surface area contributed by atoms with E-state index >= 15 is 0 Å². The van der Waals surface area contributed by atoms with Crippen molar-refractivity contribution in [1.82, 2.24) is 9.78 Å². The Balaban J connectivity index is 1.94. The van der Waals surface area contributed by atoms with Crippen LogP contribution >= 0.6 is 0 Å². The molecule has 0 radical (unpaired) electrons. The van der Waals surface area contributed by atoms with Crippen LogP contribution in [0.1, 0.15) is 42.0 Å². The van der Waals surface area contributed by atoms with E-state index in [0.29, 0.717) is 6.61 Å². The molecule has 112 valence electrons. The lowest BCUT2D eigenvalue weighted by molar-refractivity contribution is 0.112. The SMILES string of the molecule is CCc1nn(CCCOc2ccccc2)c(CC)c1C=O. The molecule has 1 aromatic carbocycles. The van der Waals surface area contributed by atoms with E-state index in [4.69, 9.17) is 4.74 Å². The zero-order chi connectivity index (χ0) is 15.1. The molecule has 4 nitrogen and oxygen atoms in total. The first-order valence-electron chi connectivity index (χ1n) is 7.51. The summed E-state index contributed by atoms with van der Waals surface area (Å²) in [6.45, 7) is 5.50. The van der Waals surface area contributed by atoms with Gasteiger partial charge in [0.05, 0.1) is 17.9 Å². The minimum atomic E-state index is 0.644. The van der Waals surface area contributed by atoms with Crippen LogP contribution in [0.25, 0.3) is 0 Å². The molecule has 0 aliphatic carbocycles. The molecule has 2 aromatic rings. The second-order valence-electron chi connectivity index (χ2n) is 4.87. The van der Waals surface area contributed by atoms with Crippen LogP contribution < -0.4 is 4.74 Å². The minimum absolute atomic E-state index is 0.644. The van der Waals surface area contributed by atoms with Crippen molar-refractivity contribution in [2.45, 2.75) is 39.7 Å². The van der Waals surface area contributed by atoms with Crippen LogP contribution in [-0.2, 0) is 19.4 Å². The Morgan fingerprint density at radius 1 is 1.19 bits per heavy atom. The lowest BCUT2D eigenvalue weighted by Gasteiger charge is -2.08. The van der Waals surface area contributed by atoms with Crippen molar-refractivity contribution in [2.24, 2.45) is 0 Å². The van der Waals surface area contributed by atoms with Gasteiger partial charge in [-0.15, -0.1) is 0 Å². The third-order valence-corrected chi connectivity index (χ3v) is 3.49. The zero-order valence-corrected chi connectivity index (χ0v) is 12.7. The van der Waals surface area contributed by atoms with Crippen LogP contribution in [0.3, 0.4) is 0 Å². The number of rotatable bonds is 8. The van der Waals surface area contributed by atoms with E-state index in [0.717, 1.165) is 54.8 Å². The Labute approximate surface area is 125 Å². The maximum atomic E-state index is 11.2. The first-order chi connectivity index (χ1) is 10.3. The van der Waals surface area contributed by atoms with Crippen molar-refractivity contribution in [2.75, 3.05) is 6.61 Å². The van der Waals surface area contributed by atoms with E-state index in [9.17, 15) is 4.79 Å². The number of aromatic nitrogens is 2. The van der Waals surface area contributed by atoms with Gasteiger partial charge in [-0.25, -0.2) is 0 Å². The van der Waals surface area contributed by atoms with Crippen LogP contribution in [0.5, 0.6) is 5.75 Å². The molecule has 0 amide bonds. The summed E-state index contributed by atoms with van der Waals surface area (Å²) >= 11 is 0. The number of aldehydes is 1. The van der Waals surface area contributed by atoms with E-state index in [1.165, 1.54) is 0 Å². The van der Waals surface area contributed by atoms with Crippen molar-refractivity contribution < 1.29 is 9.53 Å². The molecule has 0 saturated heterocycles. The normalized spacial score (nSPS) is 10.6. The van der Waals surface area contributed by atoms with Gasteiger partial charge in [0, 0.05) is 18.7 Å². The summed E-state index contributed by atoms with van der Waals surface area (Å²) in [4.78, 5) is 11.2. The highest BCUT2D eigenvalue weighted by atomic mass is 16.5. The van der Waals surface area contributed by atoms with Crippen LogP contribution in [-0.4, -0.2) is 22.7 Å². The highest BCUT2D eigenvalue weighted by molar-refractivity contribution is 5.78. The summed E-state index contributed by atoms with van der Waals surface area (Å²) in [5.74, 6) is 0.886. The number of hydrogen-bond donors (Lipinski definition) is 0. The molecule has 0 N–H and O–H groups in total. The van der Waals surface area contributed by atoms with Crippen molar-refractivity contribution in [1.29, 1.82) is 0 Å². The third-order valence-electron chi connectivity index (χ3n) is 3.49. The molecule has 0 spiro atoms. The van der Waals surface area contributed by atoms with Gasteiger partial charge in [0.2, 0.25) is 0 Å². The lowest BCUT2D eigenvalue weighted by Crippen LogP contribution is -2.09. The van der Waals surface area contributed by atoms with Crippen LogP contribution in [0.15, 0.2) is 30.3 Å². The summed E-state index contributed by atoms with van der Waals surface area (Å²) in [7, 11) is 0. The smallest absolute Gasteiger partial charge is 0.153 e. The zero-order valence-electron chi connectivity index (χ0n) is 12.7. The number of carbonyl (C=O) groups excluding carboxylic acids is 1. The number of nitrogens with zero attached hydrogens (tertiary/aromatic N) is 2. The van der Waals surface area contributed by atoms with E-state index in [1.807, 2.05) is 41.9 Å². The Kier molecular flexibility index (Phi) is 5.55. The van der Waals surface area contributed by atoms with E-state index in [1.54, 1.807) is 0 Å². The second kappa shape index (κ2) is 7.62. The molecule has 21 heavy (non-hydrogen) atoms. The van der Waals surface area contributed by atoms with Crippen molar-refractivity contribution in [3.05, 3.63) is 47.3 Å². The average molecular weight is 286 g/mol. The summed E-state index contributed by atoms with van der Waals surface area (Å²) in [5, 5.41) is 4.54. The molecule has 2 rings (SSSR count). The van der Waals surface area contributed by atoms with Crippen molar-refractivity contribution >= 4 is 6.29 Å². The van der Waals surface area contributed by atoms with Gasteiger partial charge in [0.1, 0.15) is 5.75 Å². The highest BCUT2D eigenvalue weighted by Crippen LogP contribution is 2.15. The minimum Gasteiger partial charge on any atom is -0.494 e. The summed E-state index contributed by atoms with van der Waals surface area (Å²) in [6, 6.07) is 9.79. The summed E-state index contributed by atoms with van der Waals surface area (Å²) < 4.78 is 7.64. The fourth-order valence-electron chi connectivity index (χ4n) is 2.44. The molecule has 0 aliphatic heterocycles. The van der Waals surface area contributed by atoms with Crippen LogP contribution in [0, 0.1) is 0 Å². The quantitative estimate of drug-likeness (QED) is 0.552. The van der Waals surface area contributed by atoms with Crippen molar-refractivity contribution in [3.63, 3.8) is 0 Å². The number of para-hydroxylation sites is 1. The number of hydrogen-bond acceptors (Lipinski definition) is 3. The van der Waals surface area contributed by atoms with E-state index in [-0.39, 0.29) is 0 Å². The van der Waals surface area contributed by atoms with Gasteiger partial charge in [-0.2, -0.15) is 5.10 Å². The van der Waals surface area contributed by atoms with Gasteiger partial charge in [0.15, 0.2) is 6.29 Å². The third kappa shape index (κ3) is 3.72. The first kappa shape index (κ1) is 15.3. The molecule has 1 heterocycles. The standard InChI is InChI=1S/C17H22N2O2/c1-3-16-15(13-20)17(4-2)19(18-16)11-8-12-21-14-9-6-5-7-10-14/h5-7,9-10,13H,3-4,8,11-12H2,1-2H3. The molecule has 0 bridgehead atoms.